The van der Waals surface area contributed by atoms with Crippen molar-refractivity contribution in [3.05, 3.63) is 81.6 Å². The van der Waals surface area contributed by atoms with Gasteiger partial charge in [0.1, 0.15) is 5.82 Å². The number of benzene rings is 3. The maximum absolute atomic E-state index is 14.5. The first-order chi connectivity index (χ1) is 16.7. The minimum absolute atomic E-state index is 0.0373. The highest BCUT2D eigenvalue weighted by molar-refractivity contribution is 6.35. The number of carbonyl (C=O) groups excluding carboxylic acids is 2. The number of amides is 2. The van der Waals surface area contributed by atoms with Gasteiger partial charge in [0.2, 0.25) is 5.91 Å². The Morgan fingerprint density at radius 2 is 1.89 bits per heavy atom. The van der Waals surface area contributed by atoms with Crippen molar-refractivity contribution < 1.29 is 18.7 Å². The summed E-state index contributed by atoms with van der Waals surface area (Å²) in [6.45, 7) is 1.32. The third-order valence-corrected chi connectivity index (χ3v) is 6.84. The predicted molar refractivity (Wildman–Crippen MR) is 137 cm³/mol. The number of hydrogen-bond acceptors (Lipinski definition) is 4. The van der Waals surface area contributed by atoms with Gasteiger partial charge >= 0.3 is 0 Å². The molecule has 35 heavy (non-hydrogen) atoms. The number of halogens is 3. The van der Waals surface area contributed by atoms with Crippen LogP contribution in [0.15, 0.2) is 54.6 Å². The Labute approximate surface area is 213 Å². The molecule has 182 valence electrons. The van der Waals surface area contributed by atoms with Crippen LogP contribution >= 0.6 is 23.2 Å². The summed E-state index contributed by atoms with van der Waals surface area (Å²) in [6.07, 6.45) is 0.852. The van der Waals surface area contributed by atoms with Crippen molar-refractivity contribution in [1.82, 2.24) is 0 Å². The molecule has 0 spiro atoms. The summed E-state index contributed by atoms with van der Waals surface area (Å²) in [7, 11) is 3.24. The topological polar surface area (TPSA) is 75.9 Å². The summed E-state index contributed by atoms with van der Waals surface area (Å²) < 4.78 is 20.0. The van der Waals surface area contributed by atoms with Crippen molar-refractivity contribution in [2.75, 3.05) is 37.0 Å². The summed E-state index contributed by atoms with van der Waals surface area (Å²) in [5, 5.41) is 0.489. The molecule has 1 heterocycles. The Kier molecular flexibility index (Phi) is 7.31. The quantitative estimate of drug-likeness (QED) is 0.476. The van der Waals surface area contributed by atoms with E-state index >= 15 is 0 Å². The first kappa shape index (κ1) is 25.0. The Morgan fingerprint density at radius 3 is 2.54 bits per heavy atom. The Bertz CT molecular complexity index is 1280. The van der Waals surface area contributed by atoms with E-state index in [9.17, 15) is 14.0 Å². The molecule has 1 saturated heterocycles. The lowest BCUT2D eigenvalue weighted by atomic mass is 10.0. The number of anilines is 2. The molecule has 0 saturated carbocycles. The van der Waals surface area contributed by atoms with E-state index in [1.165, 1.54) is 23.1 Å². The second-order valence-electron chi connectivity index (χ2n) is 8.32. The van der Waals surface area contributed by atoms with Gasteiger partial charge < -0.3 is 20.3 Å². The van der Waals surface area contributed by atoms with E-state index in [1.807, 2.05) is 6.07 Å². The predicted octanol–water partition coefficient (Wildman–Crippen LogP) is 5.40. The molecule has 1 aliphatic heterocycles. The van der Waals surface area contributed by atoms with Crippen LogP contribution in [0.2, 0.25) is 10.0 Å². The zero-order valence-corrected chi connectivity index (χ0v) is 20.7. The van der Waals surface area contributed by atoms with E-state index in [0.29, 0.717) is 34.9 Å². The molecule has 1 unspecified atom stereocenters. The van der Waals surface area contributed by atoms with Crippen LogP contribution in [0.1, 0.15) is 27.1 Å². The van der Waals surface area contributed by atoms with Gasteiger partial charge in [-0.15, -0.1) is 0 Å². The molecular formula is C26H24Cl2FN3O3. The van der Waals surface area contributed by atoms with Crippen molar-refractivity contribution in [3.8, 4) is 11.1 Å². The summed E-state index contributed by atoms with van der Waals surface area (Å²) in [5.41, 5.74) is 8.27. The maximum atomic E-state index is 14.5. The van der Waals surface area contributed by atoms with Gasteiger partial charge in [-0.05, 0) is 54.4 Å². The average molecular weight is 516 g/mol. The van der Waals surface area contributed by atoms with Crippen molar-refractivity contribution in [1.29, 1.82) is 0 Å². The van der Waals surface area contributed by atoms with Crippen LogP contribution in [-0.2, 0) is 4.74 Å². The highest BCUT2D eigenvalue weighted by atomic mass is 35.5. The third-order valence-electron chi connectivity index (χ3n) is 6.20. The molecule has 4 rings (SSSR count). The Balaban J connectivity index is 1.81. The SMILES string of the molecule is COC1CCN(c2cc(-c3cc(C(N)=O)ccc3Cl)ccc2N(C)C(=O)c2c(F)cccc2Cl)C1. The lowest BCUT2D eigenvalue weighted by Gasteiger charge is -2.28. The fourth-order valence-corrected chi connectivity index (χ4v) is 4.72. The number of primary amides is 1. The molecule has 0 bridgehead atoms. The van der Waals surface area contributed by atoms with Crippen LogP contribution in [0.5, 0.6) is 0 Å². The Hall–Kier alpha value is -3.13. The van der Waals surface area contributed by atoms with Gasteiger partial charge in [-0.2, -0.15) is 0 Å². The van der Waals surface area contributed by atoms with Gasteiger partial charge in [0.25, 0.3) is 5.91 Å². The van der Waals surface area contributed by atoms with E-state index in [2.05, 4.69) is 4.90 Å². The molecule has 3 aromatic carbocycles. The molecule has 6 nitrogen and oxygen atoms in total. The zero-order valence-electron chi connectivity index (χ0n) is 19.2. The fraction of sp³-hybridized carbons (Fsp3) is 0.231. The number of rotatable bonds is 6. The smallest absolute Gasteiger partial charge is 0.262 e. The van der Waals surface area contributed by atoms with E-state index in [4.69, 9.17) is 33.7 Å². The number of carbonyl (C=O) groups is 2. The number of nitrogens with zero attached hydrogens (tertiary/aromatic N) is 2. The first-order valence-corrected chi connectivity index (χ1v) is 11.7. The second kappa shape index (κ2) is 10.2. The third kappa shape index (κ3) is 4.98. The largest absolute Gasteiger partial charge is 0.380 e. The molecule has 1 fully saturated rings. The molecule has 1 aliphatic rings. The van der Waals surface area contributed by atoms with Gasteiger partial charge in [0.05, 0.1) is 28.1 Å². The lowest BCUT2D eigenvalue weighted by Crippen LogP contribution is -2.31. The standard InChI is InChI=1S/C26H24Cl2FN3O3/c1-31(26(34)24-20(28)4-3-5-21(24)29)22-9-7-15(13-23(22)32-11-10-17(14-32)35-2)18-12-16(25(30)33)6-8-19(18)27/h3-9,12-13,17H,10-11,14H2,1-2H3,(H2,30,33). The van der Waals surface area contributed by atoms with Crippen LogP contribution in [0.4, 0.5) is 15.8 Å². The van der Waals surface area contributed by atoms with E-state index in [1.54, 1.807) is 44.5 Å². The minimum atomic E-state index is -0.691. The van der Waals surface area contributed by atoms with Crippen LogP contribution in [0.3, 0.4) is 0 Å². The molecule has 2 N–H and O–H groups in total. The number of methoxy groups -OCH3 is 1. The first-order valence-electron chi connectivity index (χ1n) is 10.9. The molecule has 0 radical (unpaired) electrons. The van der Waals surface area contributed by atoms with Gasteiger partial charge in [-0.3, -0.25) is 9.59 Å². The van der Waals surface area contributed by atoms with Crippen LogP contribution in [0, 0.1) is 5.82 Å². The van der Waals surface area contributed by atoms with Crippen molar-refractivity contribution in [2.45, 2.75) is 12.5 Å². The maximum Gasteiger partial charge on any atom is 0.262 e. The van der Waals surface area contributed by atoms with E-state index < -0.39 is 17.6 Å². The van der Waals surface area contributed by atoms with E-state index in [0.717, 1.165) is 17.7 Å². The molecule has 0 aliphatic carbocycles. The fourth-order valence-electron chi connectivity index (χ4n) is 4.25. The monoisotopic (exact) mass is 515 g/mol. The highest BCUT2D eigenvalue weighted by Gasteiger charge is 2.28. The highest BCUT2D eigenvalue weighted by Crippen LogP contribution is 2.39. The summed E-state index contributed by atoms with van der Waals surface area (Å²) in [4.78, 5) is 28.5. The van der Waals surface area contributed by atoms with Crippen LogP contribution in [0.25, 0.3) is 11.1 Å². The summed E-state index contributed by atoms with van der Waals surface area (Å²) in [5.74, 6) is -1.82. The molecule has 3 aromatic rings. The number of hydrogen-bond donors (Lipinski definition) is 1. The lowest BCUT2D eigenvalue weighted by molar-refractivity contribution is 0.0985. The van der Waals surface area contributed by atoms with Gasteiger partial charge in [-0.1, -0.05) is 35.3 Å². The normalized spacial score (nSPS) is 15.3. The van der Waals surface area contributed by atoms with Gasteiger partial charge in [0.15, 0.2) is 0 Å². The number of nitrogens with two attached hydrogens (primary N) is 1. The minimum Gasteiger partial charge on any atom is -0.380 e. The van der Waals surface area contributed by atoms with Crippen molar-refractivity contribution in [2.24, 2.45) is 5.73 Å². The van der Waals surface area contributed by atoms with E-state index in [-0.39, 0.29) is 16.7 Å². The average Bonchev–Trinajstić information content (AvgIpc) is 3.32. The zero-order chi connectivity index (χ0) is 25.3. The summed E-state index contributed by atoms with van der Waals surface area (Å²) >= 11 is 12.6. The number of ether oxygens (including phenoxy) is 1. The van der Waals surface area contributed by atoms with Crippen LogP contribution < -0.4 is 15.5 Å². The van der Waals surface area contributed by atoms with Crippen molar-refractivity contribution in [3.63, 3.8) is 0 Å². The van der Waals surface area contributed by atoms with Crippen LogP contribution in [-0.4, -0.2) is 45.2 Å². The second-order valence-corrected chi connectivity index (χ2v) is 9.13. The van der Waals surface area contributed by atoms with Gasteiger partial charge in [0, 0.05) is 43.4 Å². The molecular weight excluding hydrogens is 492 g/mol. The molecule has 9 heteroatoms. The Morgan fingerprint density at radius 1 is 1.11 bits per heavy atom. The summed E-state index contributed by atoms with van der Waals surface area (Å²) in [6, 6.07) is 14.4. The molecule has 0 aromatic heterocycles. The molecule has 1 atom stereocenters. The molecule has 2 amide bonds. The van der Waals surface area contributed by atoms with Crippen molar-refractivity contribution >= 4 is 46.4 Å². The van der Waals surface area contributed by atoms with Gasteiger partial charge in [-0.25, -0.2) is 4.39 Å².